The lowest BCUT2D eigenvalue weighted by atomic mass is 9.96. The number of ether oxygens (including phenoxy) is 1. The maximum absolute atomic E-state index is 13.1. The highest BCUT2D eigenvalue weighted by atomic mass is 16.5. The Kier molecular flexibility index (Phi) is 7.14. The third kappa shape index (κ3) is 5.61. The highest BCUT2D eigenvalue weighted by Gasteiger charge is 2.31. The number of benzene rings is 1. The van der Waals surface area contributed by atoms with Gasteiger partial charge in [0.05, 0.1) is 13.0 Å². The number of nitrogens with zero attached hydrogens (tertiary/aromatic N) is 5. The Bertz CT molecular complexity index is 863. The fourth-order valence-corrected chi connectivity index (χ4v) is 4.29. The van der Waals surface area contributed by atoms with Crippen molar-refractivity contribution in [1.29, 1.82) is 0 Å². The minimum atomic E-state index is 0.0298. The molecule has 0 saturated carbocycles. The standard InChI is InChI=1S/C24H31N5O2/c1-31-23-12-11-22(25-26-23)29-14-6-10-21(19-29)24(30)28-17-15-27(16-18-28)13-5-9-20-7-3-2-4-8-20/h2-5,7-9,11-12,21H,6,10,13-19H2,1H3/b9-5+. The molecule has 0 aliphatic carbocycles. The average molecular weight is 422 g/mol. The smallest absolute Gasteiger partial charge is 0.233 e. The van der Waals surface area contributed by atoms with Crippen LogP contribution in [0, 0.1) is 5.92 Å². The summed E-state index contributed by atoms with van der Waals surface area (Å²) >= 11 is 0. The van der Waals surface area contributed by atoms with Crippen molar-refractivity contribution in [2.45, 2.75) is 12.8 Å². The van der Waals surface area contributed by atoms with Gasteiger partial charge in [-0.1, -0.05) is 42.5 Å². The number of anilines is 1. The summed E-state index contributed by atoms with van der Waals surface area (Å²) in [4.78, 5) is 19.8. The molecule has 1 aromatic carbocycles. The van der Waals surface area contributed by atoms with Crippen LogP contribution in [0.15, 0.2) is 48.5 Å². The molecule has 31 heavy (non-hydrogen) atoms. The summed E-state index contributed by atoms with van der Waals surface area (Å²) in [5.41, 5.74) is 1.22. The Labute approximate surface area is 184 Å². The summed E-state index contributed by atoms with van der Waals surface area (Å²) in [6, 6.07) is 14.1. The van der Waals surface area contributed by atoms with Gasteiger partial charge in [-0.25, -0.2) is 0 Å². The second-order valence-corrected chi connectivity index (χ2v) is 8.16. The first-order chi connectivity index (χ1) is 15.2. The van der Waals surface area contributed by atoms with E-state index in [2.05, 4.69) is 56.4 Å². The Morgan fingerprint density at radius 2 is 1.87 bits per heavy atom. The molecule has 164 valence electrons. The van der Waals surface area contributed by atoms with Gasteiger partial charge in [-0.15, -0.1) is 10.2 Å². The summed E-state index contributed by atoms with van der Waals surface area (Å²) < 4.78 is 5.09. The van der Waals surface area contributed by atoms with Crippen molar-refractivity contribution < 1.29 is 9.53 Å². The van der Waals surface area contributed by atoms with Gasteiger partial charge in [0.25, 0.3) is 0 Å². The van der Waals surface area contributed by atoms with E-state index in [1.807, 2.05) is 23.1 Å². The number of piperidine rings is 1. The first-order valence-corrected chi connectivity index (χ1v) is 11.1. The lowest BCUT2D eigenvalue weighted by molar-refractivity contribution is -0.137. The molecule has 0 spiro atoms. The van der Waals surface area contributed by atoms with E-state index in [1.165, 1.54) is 5.56 Å². The van der Waals surface area contributed by atoms with Crippen LogP contribution in [0.5, 0.6) is 5.88 Å². The Balaban J connectivity index is 1.25. The molecule has 1 unspecified atom stereocenters. The van der Waals surface area contributed by atoms with Gasteiger partial charge in [0.2, 0.25) is 11.8 Å². The molecule has 2 aromatic rings. The van der Waals surface area contributed by atoms with Gasteiger partial charge in [0, 0.05) is 51.9 Å². The fourth-order valence-electron chi connectivity index (χ4n) is 4.29. The predicted molar refractivity (Wildman–Crippen MR) is 122 cm³/mol. The van der Waals surface area contributed by atoms with Crippen LogP contribution in [-0.2, 0) is 4.79 Å². The van der Waals surface area contributed by atoms with Gasteiger partial charge in [0.15, 0.2) is 5.82 Å². The van der Waals surface area contributed by atoms with E-state index in [9.17, 15) is 4.79 Å². The van der Waals surface area contributed by atoms with E-state index < -0.39 is 0 Å². The summed E-state index contributed by atoms with van der Waals surface area (Å²) in [7, 11) is 1.58. The van der Waals surface area contributed by atoms with E-state index in [0.717, 1.165) is 57.9 Å². The zero-order chi connectivity index (χ0) is 21.5. The topological polar surface area (TPSA) is 61.8 Å². The molecule has 0 N–H and O–H groups in total. The first-order valence-electron chi connectivity index (χ1n) is 11.1. The number of carbonyl (C=O) groups is 1. The normalized spacial score (nSPS) is 20.2. The van der Waals surface area contributed by atoms with Gasteiger partial charge in [0.1, 0.15) is 0 Å². The molecule has 1 amide bonds. The Morgan fingerprint density at radius 1 is 1.06 bits per heavy atom. The van der Waals surface area contributed by atoms with Crippen molar-refractivity contribution in [2.75, 3.05) is 57.8 Å². The van der Waals surface area contributed by atoms with Gasteiger partial charge in [-0.3, -0.25) is 9.69 Å². The maximum atomic E-state index is 13.1. The highest BCUT2D eigenvalue weighted by Crippen LogP contribution is 2.24. The zero-order valence-electron chi connectivity index (χ0n) is 18.2. The molecule has 3 heterocycles. The van der Waals surface area contributed by atoms with Gasteiger partial charge in [-0.05, 0) is 24.5 Å². The van der Waals surface area contributed by atoms with E-state index in [-0.39, 0.29) is 11.8 Å². The number of hydrogen-bond donors (Lipinski definition) is 0. The van der Waals surface area contributed by atoms with Crippen LogP contribution in [-0.4, -0.2) is 78.8 Å². The summed E-state index contributed by atoms with van der Waals surface area (Å²) in [6.07, 6.45) is 6.31. The van der Waals surface area contributed by atoms with Crippen molar-refractivity contribution in [3.8, 4) is 5.88 Å². The molecule has 1 aromatic heterocycles. The Hall–Kier alpha value is -2.93. The van der Waals surface area contributed by atoms with Crippen LogP contribution in [0.1, 0.15) is 18.4 Å². The van der Waals surface area contributed by atoms with Crippen molar-refractivity contribution >= 4 is 17.8 Å². The maximum Gasteiger partial charge on any atom is 0.233 e. The second-order valence-electron chi connectivity index (χ2n) is 8.16. The molecule has 7 nitrogen and oxygen atoms in total. The second kappa shape index (κ2) is 10.4. The first kappa shape index (κ1) is 21.3. The summed E-state index contributed by atoms with van der Waals surface area (Å²) in [6.45, 7) is 5.99. The molecule has 0 radical (unpaired) electrons. The number of amides is 1. The number of carbonyl (C=O) groups excluding carboxylic acids is 1. The van der Waals surface area contributed by atoms with Crippen molar-refractivity contribution in [3.05, 3.63) is 54.1 Å². The van der Waals surface area contributed by atoms with Gasteiger partial charge >= 0.3 is 0 Å². The van der Waals surface area contributed by atoms with Crippen LogP contribution in [0.3, 0.4) is 0 Å². The summed E-state index contributed by atoms with van der Waals surface area (Å²) in [5.74, 6) is 1.63. The van der Waals surface area contributed by atoms with Crippen LogP contribution in [0.4, 0.5) is 5.82 Å². The SMILES string of the molecule is COc1ccc(N2CCCC(C(=O)N3CCN(C/C=C/c4ccccc4)CC3)C2)nn1. The van der Waals surface area contributed by atoms with Gasteiger partial charge < -0.3 is 14.5 Å². The molecule has 2 fully saturated rings. The highest BCUT2D eigenvalue weighted by molar-refractivity contribution is 5.80. The third-order valence-corrected chi connectivity index (χ3v) is 6.09. The monoisotopic (exact) mass is 421 g/mol. The summed E-state index contributed by atoms with van der Waals surface area (Å²) in [5, 5.41) is 8.32. The van der Waals surface area contributed by atoms with Crippen molar-refractivity contribution in [1.82, 2.24) is 20.0 Å². The number of piperazine rings is 1. The van der Waals surface area contributed by atoms with E-state index in [4.69, 9.17) is 4.74 Å². The molecular weight excluding hydrogens is 390 g/mol. The fraction of sp³-hybridized carbons (Fsp3) is 0.458. The van der Waals surface area contributed by atoms with E-state index in [0.29, 0.717) is 12.4 Å². The molecule has 0 bridgehead atoms. The average Bonchev–Trinajstić information content (AvgIpc) is 2.85. The lowest BCUT2D eigenvalue weighted by Crippen LogP contribution is -2.52. The third-order valence-electron chi connectivity index (χ3n) is 6.09. The Morgan fingerprint density at radius 3 is 2.58 bits per heavy atom. The van der Waals surface area contributed by atoms with Crippen LogP contribution in [0.2, 0.25) is 0 Å². The predicted octanol–water partition coefficient (Wildman–Crippen LogP) is 2.56. The van der Waals surface area contributed by atoms with E-state index >= 15 is 0 Å². The lowest BCUT2D eigenvalue weighted by Gasteiger charge is -2.39. The molecule has 2 aliphatic heterocycles. The number of methoxy groups -OCH3 is 1. The minimum absolute atomic E-state index is 0.0298. The van der Waals surface area contributed by atoms with Crippen LogP contribution < -0.4 is 9.64 Å². The van der Waals surface area contributed by atoms with Gasteiger partial charge in [-0.2, -0.15) is 0 Å². The largest absolute Gasteiger partial charge is 0.480 e. The number of rotatable bonds is 6. The quantitative estimate of drug-likeness (QED) is 0.714. The number of hydrogen-bond acceptors (Lipinski definition) is 6. The van der Waals surface area contributed by atoms with Crippen molar-refractivity contribution in [2.24, 2.45) is 5.92 Å². The zero-order valence-corrected chi connectivity index (χ0v) is 18.2. The van der Waals surface area contributed by atoms with Crippen LogP contribution >= 0.6 is 0 Å². The van der Waals surface area contributed by atoms with Crippen LogP contribution in [0.25, 0.3) is 6.08 Å². The molecule has 7 heteroatoms. The molecule has 2 saturated heterocycles. The molecular formula is C24H31N5O2. The van der Waals surface area contributed by atoms with Crippen molar-refractivity contribution in [3.63, 3.8) is 0 Å². The molecule has 2 aliphatic rings. The molecule has 1 atom stereocenters. The molecule has 4 rings (SSSR count). The minimum Gasteiger partial charge on any atom is -0.480 e. The van der Waals surface area contributed by atoms with E-state index in [1.54, 1.807) is 7.11 Å². The number of aromatic nitrogens is 2.